The van der Waals surface area contributed by atoms with Crippen LogP contribution in [-0.4, -0.2) is 29.7 Å². The fourth-order valence-corrected chi connectivity index (χ4v) is 3.05. The van der Waals surface area contributed by atoms with Crippen molar-refractivity contribution in [3.8, 4) is 0 Å². The molecule has 3 rings (SSSR count). The van der Waals surface area contributed by atoms with Crippen LogP contribution in [0.4, 0.5) is 20.2 Å². The Bertz CT molecular complexity index is 886. The van der Waals surface area contributed by atoms with Crippen molar-refractivity contribution >= 4 is 35.2 Å². The summed E-state index contributed by atoms with van der Waals surface area (Å²) in [5, 5.41) is 11.5. The number of amides is 1. The highest BCUT2D eigenvalue weighted by atomic mass is 32.2. The minimum Gasteiger partial charge on any atom is -0.478 e. The van der Waals surface area contributed by atoms with E-state index >= 15 is 0 Å². The Morgan fingerprint density at radius 3 is 2.37 bits per heavy atom. The molecule has 0 radical (unpaired) electrons. The molecule has 0 saturated heterocycles. The monoisotopic (exact) mass is 394 g/mol. The van der Waals surface area contributed by atoms with E-state index in [4.69, 9.17) is 9.84 Å². The predicted molar refractivity (Wildman–Crippen MR) is 96.8 cm³/mol. The van der Waals surface area contributed by atoms with Crippen LogP contribution in [0.25, 0.3) is 0 Å². The Kier molecular flexibility index (Phi) is 5.33. The number of carbonyl (C=O) groups excluding carboxylic acids is 1. The molecule has 3 N–H and O–H groups in total. The van der Waals surface area contributed by atoms with Crippen LogP contribution in [0.15, 0.2) is 41.3 Å². The predicted octanol–water partition coefficient (Wildman–Crippen LogP) is 3.90. The summed E-state index contributed by atoms with van der Waals surface area (Å²) >= 11 is 1.02. The molecule has 1 aliphatic rings. The fourth-order valence-electron chi connectivity index (χ4n) is 2.39. The van der Waals surface area contributed by atoms with Gasteiger partial charge in [-0.25, -0.2) is 13.6 Å². The third kappa shape index (κ3) is 4.20. The number of carboxylic acids is 1. The van der Waals surface area contributed by atoms with E-state index in [0.717, 1.165) is 18.0 Å². The number of carboxylic acid groups (broad SMARTS) is 1. The topological polar surface area (TPSA) is 87.7 Å². The van der Waals surface area contributed by atoms with E-state index in [9.17, 15) is 18.4 Å². The molecule has 2 aromatic carbocycles. The molecule has 9 heteroatoms. The highest BCUT2D eigenvalue weighted by Crippen LogP contribution is 2.39. The van der Waals surface area contributed by atoms with Gasteiger partial charge in [0.15, 0.2) is 0 Å². The number of ether oxygens (including phenoxy) is 1. The molecule has 0 bridgehead atoms. The van der Waals surface area contributed by atoms with Crippen molar-refractivity contribution in [1.82, 2.24) is 0 Å². The number of methoxy groups -OCH3 is 1. The first-order valence-corrected chi connectivity index (χ1v) is 8.78. The molecule has 0 unspecified atom stereocenters. The van der Waals surface area contributed by atoms with Crippen molar-refractivity contribution in [2.24, 2.45) is 0 Å². The van der Waals surface area contributed by atoms with Gasteiger partial charge in [-0.1, -0.05) is 0 Å². The molecule has 0 heterocycles. The van der Waals surface area contributed by atoms with Crippen LogP contribution in [-0.2, 0) is 9.53 Å². The molecule has 27 heavy (non-hydrogen) atoms. The number of aromatic carboxylic acids is 1. The Morgan fingerprint density at radius 1 is 1.15 bits per heavy atom. The van der Waals surface area contributed by atoms with Gasteiger partial charge in [-0.2, -0.15) is 0 Å². The number of hydrogen-bond donors (Lipinski definition) is 3. The zero-order valence-electron chi connectivity index (χ0n) is 14.2. The van der Waals surface area contributed by atoms with Crippen molar-refractivity contribution in [3.05, 3.63) is 53.6 Å². The summed E-state index contributed by atoms with van der Waals surface area (Å²) in [7, 11) is 1.50. The van der Waals surface area contributed by atoms with Crippen LogP contribution >= 0.6 is 11.9 Å². The van der Waals surface area contributed by atoms with Gasteiger partial charge in [-0.3, -0.25) is 4.79 Å². The van der Waals surface area contributed by atoms with Gasteiger partial charge in [0.05, 0.1) is 11.3 Å². The lowest BCUT2D eigenvalue weighted by Crippen LogP contribution is -2.31. The average Bonchev–Trinajstić information content (AvgIpc) is 3.44. The number of carbonyl (C=O) groups is 2. The zero-order valence-corrected chi connectivity index (χ0v) is 15.0. The lowest BCUT2D eigenvalue weighted by Gasteiger charge is -2.13. The Morgan fingerprint density at radius 2 is 1.81 bits per heavy atom. The second-order valence-electron chi connectivity index (χ2n) is 6.00. The second kappa shape index (κ2) is 7.53. The minimum absolute atomic E-state index is 0.171. The summed E-state index contributed by atoms with van der Waals surface area (Å²) in [5.41, 5.74) is -1.03. The summed E-state index contributed by atoms with van der Waals surface area (Å²) in [6.45, 7) is 0. The van der Waals surface area contributed by atoms with Crippen molar-refractivity contribution in [3.63, 3.8) is 0 Å². The number of rotatable bonds is 7. The van der Waals surface area contributed by atoms with Gasteiger partial charge in [-0.05, 0) is 55.1 Å². The summed E-state index contributed by atoms with van der Waals surface area (Å²) in [6.07, 6.45) is 1.38. The van der Waals surface area contributed by atoms with Gasteiger partial charge >= 0.3 is 5.97 Å². The summed E-state index contributed by atoms with van der Waals surface area (Å²) in [6, 6.07) is 8.16. The molecule has 0 aromatic heterocycles. The largest absolute Gasteiger partial charge is 0.478 e. The van der Waals surface area contributed by atoms with Crippen LogP contribution in [0.1, 0.15) is 23.2 Å². The molecule has 0 aliphatic heterocycles. The third-order valence-corrected chi connectivity index (χ3v) is 5.02. The van der Waals surface area contributed by atoms with Gasteiger partial charge in [0.1, 0.15) is 17.2 Å². The highest BCUT2D eigenvalue weighted by Gasteiger charge is 2.50. The van der Waals surface area contributed by atoms with Crippen molar-refractivity contribution in [1.29, 1.82) is 0 Å². The number of anilines is 2. The molecule has 1 fully saturated rings. The molecule has 0 spiro atoms. The van der Waals surface area contributed by atoms with E-state index in [2.05, 4.69) is 10.0 Å². The van der Waals surface area contributed by atoms with E-state index in [1.54, 1.807) is 24.3 Å². The lowest BCUT2D eigenvalue weighted by molar-refractivity contribution is -0.128. The second-order valence-corrected chi connectivity index (χ2v) is 6.88. The summed E-state index contributed by atoms with van der Waals surface area (Å²) in [5.74, 6) is -3.64. The van der Waals surface area contributed by atoms with Crippen LogP contribution in [0.3, 0.4) is 0 Å². The van der Waals surface area contributed by atoms with Crippen molar-refractivity contribution in [2.45, 2.75) is 23.3 Å². The number of halogens is 2. The van der Waals surface area contributed by atoms with Gasteiger partial charge in [0.2, 0.25) is 0 Å². The van der Waals surface area contributed by atoms with E-state index in [1.165, 1.54) is 7.11 Å². The van der Waals surface area contributed by atoms with E-state index in [0.29, 0.717) is 29.5 Å². The Labute approximate surface area is 158 Å². The molecular formula is C18H16F2N2O4S. The molecule has 1 saturated carbocycles. The van der Waals surface area contributed by atoms with Gasteiger partial charge in [0, 0.05) is 23.8 Å². The minimum atomic E-state index is -1.54. The zero-order chi connectivity index (χ0) is 19.6. The maximum atomic E-state index is 13.9. The van der Waals surface area contributed by atoms with Gasteiger partial charge < -0.3 is 19.9 Å². The molecule has 142 valence electrons. The fraction of sp³-hybridized carbons (Fsp3) is 0.222. The Balaban J connectivity index is 1.61. The maximum absolute atomic E-state index is 13.9. The first-order valence-electron chi connectivity index (χ1n) is 7.96. The average molecular weight is 394 g/mol. The maximum Gasteiger partial charge on any atom is 0.338 e. The third-order valence-electron chi connectivity index (χ3n) is 4.19. The van der Waals surface area contributed by atoms with Crippen LogP contribution < -0.4 is 10.0 Å². The SMILES string of the molecule is COC1(C(=O)Nc2ccc(SNc3cc(F)c(C(=O)O)cc3F)cc2)CC1. The van der Waals surface area contributed by atoms with Crippen molar-refractivity contribution in [2.75, 3.05) is 17.1 Å². The molecule has 1 amide bonds. The van der Waals surface area contributed by atoms with Crippen LogP contribution in [0, 0.1) is 11.6 Å². The van der Waals surface area contributed by atoms with Crippen molar-refractivity contribution < 1.29 is 28.2 Å². The first kappa shape index (κ1) is 19.1. The molecule has 2 aromatic rings. The standard InChI is InChI=1S/C18H16F2N2O4S/c1-26-18(6-7-18)17(25)21-10-2-4-11(5-3-10)27-22-15-9-13(19)12(16(23)24)8-14(15)20/h2-5,8-9,22H,6-7H2,1H3,(H,21,25)(H,23,24). The first-order chi connectivity index (χ1) is 12.8. The highest BCUT2D eigenvalue weighted by molar-refractivity contribution is 8.00. The molecule has 1 aliphatic carbocycles. The molecule has 6 nitrogen and oxygen atoms in total. The Hall–Kier alpha value is -2.65. The van der Waals surface area contributed by atoms with Gasteiger partial charge in [-0.15, -0.1) is 0 Å². The normalized spacial score (nSPS) is 14.5. The van der Waals surface area contributed by atoms with Crippen LogP contribution in [0.5, 0.6) is 0 Å². The molecular weight excluding hydrogens is 378 g/mol. The number of benzene rings is 2. The number of nitrogens with one attached hydrogen (secondary N) is 2. The van der Waals surface area contributed by atoms with E-state index < -0.39 is 28.8 Å². The van der Waals surface area contributed by atoms with E-state index in [1.807, 2.05) is 0 Å². The summed E-state index contributed by atoms with van der Waals surface area (Å²) < 4.78 is 35.4. The van der Waals surface area contributed by atoms with E-state index in [-0.39, 0.29) is 11.6 Å². The summed E-state index contributed by atoms with van der Waals surface area (Å²) in [4.78, 5) is 23.6. The quantitative estimate of drug-likeness (QED) is 0.618. The lowest BCUT2D eigenvalue weighted by atomic mass is 10.2. The molecule has 0 atom stereocenters. The smallest absolute Gasteiger partial charge is 0.338 e. The number of hydrogen-bond acceptors (Lipinski definition) is 5. The van der Waals surface area contributed by atoms with Gasteiger partial charge in [0.25, 0.3) is 5.91 Å². The van der Waals surface area contributed by atoms with Crippen LogP contribution in [0.2, 0.25) is 0 Å².